The minimum absolute atomic E-state index is 0.142. The first-order chi connectivity index (χ1) is 10.8. The maximum Gasteiger partial charge on any atom is 0.434 e. The van der Waals surface area contributed by atoms with Gasteiger partial charge in [0.25, 0.3) is 0 Å². The van der Waals surface area contributed by atoms with Crippen LogP contribution in [0.2, 0.25) is 5.02 Å². The van der Waals surface area contributed by atoms with Crippen LogP contribution in [-0.4, -0.2) is 28.9 Å². The first-order valence-corrected chi connectivity index (χ1v) is 7.16. The van der Waals surface area contributed by atoms with Gasteiger partial charge < -0.3 is 4.98 Å². The fourth-order valence-corrected chi connectivity index (χ4v) is 2.58. The second-order valence-electron chi connectivity index (χ2n) is 5.29. The molecular weight excluding hydrogens is 331 g/mol. The summed E-state index contributed by atoms with van der Waals surface area (Å²) in [5.74, 6) is -1.60. The molecule has 3 rings (SSSR count). The predicted octanol–water partition coefficient (Wildman–Crippen LogP) is 2.96. The summed E-state index contributed by atoms with van der Waals surface area (Å²) in [7, 11) is 0. The third-order valence-corrected chi connectivity index (χ3v) is 3.80. The summed E-state index contributed by atoms with van der Waals surface area (Å²) in [6.07, 6.45) is -1.62. The molecule has 1 unspecified atom stereocenters. The number of aliphatic imine (C=N–C) groups is 1. The molecule has 122 valence electrons. The maximum atomic E-state index is 12.7. The highest BCUT2D eigenvalue weighted by Crippen LogP contribution is 2.26. The summed E-state index contributed by atoms with van der Waals surface area (Å²) < 4.78 is 38.2. The lowest BCUT2D eigenvalue weighted by Gasteiger charge is -2.28. The summed E-state index contributed by atoms with van der Waals surface area (Å²) in [6, 6.07) is 5.39. The van der Waals surface area contributed by atoms with Gasteiger partial charge in [-0.25, -0.2) is 4.99 Å². The minimum atomic E-state index is -4.58. The number of aromatic amines is 1. The molecule has 5 nitrogen and oxygen atoms in total. The average molecular weight is 344 g/mol. The molecule has 1 atom stereocenters. The molecule has 4 N–H and O–H groups in total. The molecule has 1 aliphatic rings. The second-order valence-corrected chi connectivity index (χ2v) is 5.73. The van der Waals surface area contributed by atoms with Gasteiger partial charge in [0, 0.05) is 28.5 Å². The molecule has 2 aromatic rings. The van der Waals surface area contributed by atoms with Crippen molar-refractivity contribution in [3.8, 4) is 0 Å². The predicted molar refractivity (Wildman–Crippen MR) is 83.7 cm³/mol. The standard InChI is InChI=1S/C14H13ClF3N5/c15-9-1-2-11-10(5-9)8(6-20-11)3-4-13(19)22-12(7-21-23-13)14(16,17)18/h1-2,5-7,20,23H,3-4,19H2. The summed E-state index contributed by atoms with van der Waals surface area (Å²) in [5.41, 5.74) is 9.02. The zero-order valence-corrected chi connectivity index (χ0v) is 12.5. The van der Waals surface area contributed by atoms with Crippen molar-refractivity contribution in [1.82, 2.24) is 10.4 Å². The van der Waals surface area contributed by atoms with Crippen LogP contribution in [0.1, 0.15) is 12.0 Å². The van der Waals surface area contributed by atoms with E-state index in [-0.39, 0.29) is 6.42 Å². The highest BCUT2D eigenvalue weighted by Gasteiger charge is 2.39. The molecule has 0 saturated heterocycles. The minimum Gasteiger partial charge on any atom is -0.361 e. The van der Waals surface area contributed by atoms with Crippen LogP contribution >= 0.6 is 11.6 Å². The summed E-state index contributed by atoms with van der Waals surface area (Å²) in [4.78, 5) is 6.64. The number of aromatic nitrogens is 1. The molecule has 1 aromatic heterocycles. The third kappa shape index (κ3) is 3.32. The van der Waals surface area contributed by atoms with Gasteiger partial charge in [-0.15, -0.1) is 0 Å². The lowest BCUT2D eigenvalue weighted by atomic mass is 10.1. The SMILES string of the molecule is NC1(CCc2c[nH]c3ccc(Cl)cc23)N=C(C(F)(F)F)C=NN1. The van der Waals surface area contributed by atoms with E-state index >= 15 is 0 Å². The quantitative estimate of drug-likeness (QED) is 0.801. The van der Waals surface area contributed by atoms with Crippen LogP contribution in [-0.2, 0) is 6.42 Å². The molecule has 0 amide bonds. The van der Waals surface area contributed by atoms with E-state index in [0.717, 1.165) is 16.5 Å². The van der Waals surface area contributed by atoms with E-state index in [1.807, 2.05) is 6.07 Å². The van der Waals surface area contributed by atoms with E-state index in [2.05, 4.69) is 20.5 Å². The summed E-state index contributed by atoms with van der Waals surface area (Å²) in [6.45, 7) is 0. The van der Waals surface area contributed by atoms with Crippen molar-refractivity contribution in [3.63, 3.8) is 0 Å². The smallest absolute Gasteiger partial charge is 0.361 e. The summed E-state index contributed by atoms with van der Waals surface area (Å²) in [5, 5.41) is 4.96. The molecule has 1 aromatic carbocycles. The van der Waals surface area contributed by atoms with Gasteiger partial charge in [0.1, 0.15) is 0 Å². The first kappa shape index (κ1) is 15.8. The van der Waals surface area contributed by atoms with E-state index in [1.54, 1.807) is 18.3 Å². The van der Waals surface area contributed by atoms with Crippen molar-refractivity contribution < 1.29 is 13.2 Å². The topological polar surface area (TPSA) is 78.6 Å². The van der Waals surface area contributed by atoms with Gasteiger partial charge in [-0.05, 0) is 30.2 Å². The molecule has 0 aliphatic carbocycles. The normalized spacial score (nSPS) is 21.3. The van der Waals surface area contributed by atoms with Crippen molar-refractivity contribution in [1.29, 1.82) is 0 Å². The molecule has 0 spiro atoms. The van der Waals surface area contributed by atoms with Gasteiger partial charge in [0.05, 0.1) is 6.21 Å². The number of halogens is 4. The number of benzene rings is 1. The molecule has 0 radical (unpaired) electrons. The van der Waals surface area contributed by atoms with Crippen LogP contribution in [0.4, 0.5) is 13.2 Å². The van der Waals surface area contributed by atoms with Gasteiger partial charge >= 0.3 is 6.18 Å². The largest absolute Gasteiger partial charge is 0.434 e. The summed E-state index contributed by atoms with van der Waals surface area (Å²) >= 11 is 5.98. The van der Waals surface area contributed by atoms with Crippen LogP contribution in [0.15, 0.2) is 34.5 Å². The number of hydrazone groups is 1. The van der Waals surface area contributed by atoms with Crippen LogP contribution < -0.4 is 11.2 Å². The zero-order valence-electron chi connectivity index (χ0n) is 11.8. The number of aryl methyl sites for hydroxylation is 1. The first-order valence-electron chi connectivity index (χ1n) is 6.78. The van der Waals surface area contributed by atoms with Crippen molar-refractivity contribution in [3.05, 3.63) is 35.0 Å². The number of fused-ring (bicyclic) bond motifs is 1. The number of H-pyrrole nitrogens is 1. The van der Waals surface area contributed by atoms with E-state index in [1.165, 1.54) is 0 Å². The lowest BCUT2D eigenvalue weighted by molar-refractivity contribution is -0.0576. The van der Waals surface area contributed by atoms with Crippen LogP contribution in [0.3, 0.4) is 0 Å². The lowest BCUT2D eigenvalue weighted by Crippen LogP contribution is -2.54. The number of hydrogen-bond donors (Lipinski definition) is 3. The van der Waals surface area contributed by atoms with Crippen LogP contribution in [0.25, 0.3) is 10.9 Å². The van der Waals surface area contributed by atoms with Crippen molar-refractivity contribution >= 4 is 34.4 Å². The number of nitrogens with two attached hydrogens (primary N) is 1. The number of rotatable bonds is 3. The van der Waals surface area contributed by atoms with Crippen molar-refractivity contribution in [2.75, 3.05) is 0 Å². The highest BCUT2D eigenvalue weighted by atomic mass is 35.5. The molecule has 0 fully saturated rings. The Morgan fingerprint density at radius 2 is 2.09 bits per heavy atom. The number of alkyl halides is 3. The molecule has 9 heteroatoms. The Balaban J connectivity index is 1.80. The zero-order chi connectivity index (χ0) is 16.7. The van der Waals surface area contributed by atoms with Gasteiger partial charge in [0.2, 0.25) is 0 Å². The van der Waals surface area contributed by atoms with Crippen LogP contribution in [0.5, 0.6) is 0 Å². The van der Waals surface area contributed by atoms with E-state index < -0.39 is 17.7 Å². The Kier molecular flexibility index (Phi) is 3.81. The van der Waals surface area contributed by atoms with Gasteiger partial charge in [-0.2, -0.15) is 18.3 Å². The Hall–Kier alpha value is -2.06. The van der Waals surface area contributed by atoms with Crippen molar-refractivity contribution in [2.45, 2.75) is 24.8 Å². The van der Waals surface area contributed by atoms with E-state index in [4.69, 9.17) is 17.3 Å². The fraction of sp³-hybridized carbons (Fsp3) is 0.286. The van der Waals surface area contributed by atoms with Crippen molar-refractivity contribution in [2.24, 2.45) is 15.8 Å². The number of nitrogens with one attached hydrogen (secondary N) is 2. The van der Waals surface area contributed by atoms with Gasteiger partial charge in [0.15, 0.2) is 11.5 Å². The number of nitrogens with zero attached hydrogens (tertiary/aromatic N) is 2. The van der Waals surface area contributed by atoms with Gasteiger partial charge in [-0.3, -0.25) is 11.2 Å². The average Bonchev–Trinajstić information content (AvgIpc) is 2.87. The maximum absolute atomic E-state index is 12.7. The second kappa shape index (κ2) is 5.54. The Bertz CT molecular complexity index is 795. The van der Waals surface area contributed by atoms with Gasteiger partial charge in [-0.1, -0.05) is 11.6 Å². The molecular formula is C14H13ClF3N5. The number of hydrogen-bond acceptors (Lipinski definition) is 4. The van der Waals surface area contributed by atoms with E-state index in [0.29, 0.717) is 17.7 Å². The Morgan fingerprint density at radius 1 is 1.30 bits per heavy atom. The van der Waals surface area contributed by atoms with E-state index in [9.17, 15) is 13.2 Å². The molecule has 2 heterocycles. The molecule has 0 bridgehead atoms. The fourth-order valence-electron chi connectivity index (χ4n) is 2.41. The molecule has 0 saturated carbocycles. The molecule has 23 heavy (non-hydrogen) atoms. The molecule has 1 aliphatic heterocycles. The highest BCUT2D eigenvalue weighted by molar-refractivity contribution is 6.33. The Morgan fingerprint density at radius 3 is 2.83 bits per heavy atom. The Labute approximate surface area is 134 Å². The third-order valence-electron chi connectivity index (χ3n) is 3.56. The van der Waals surface area contributed by atoms with Crippen LogP contribution in [0, 0.1) is 0 Å². The monoisotopic (exact) mass is 343 g/mol.